The van der Waals surface area contributed by atoms with E-state index in [4.69, 9.17) is 0 Å². The first-order valence-electron chi connectivity index (χ1n) is 11.7. The normalized spacial score (nSPS) is 21.4. The van der Waals surface area contributed by atoms with E-state index >= 15 is 0 Å². The maximum atomic E-state index is 12.4. The van der Waals surface area contributed by atoms with Crippen LogP contribution in [0.15, 0.2) is 41.5 Å². The lowest BCUT2D eigenvalue weighted by atomic mass is 10.0. The quantitative estimate of drug-likeness (QED) is 0.626. The second kappa shape index (κ2) is 8.59. The molecule has 4 heterocycles. The number of nitrogens with one attached hydrogen (secondary N) is 2. The molecule has 1 saturated heterocycles. The summed E-state index contributed by atoms with van der Waals surface area (Å²) in [6.45, 7) is 7.01. The van der Waals surface area contributed by atoms with Gasteiger partial charge >= 0.3 is 0 Å². The minimum absolute atomic E-state index is 0.0237. The Morgan fingerprint density at radius 3 is 2.64 bits per heavy atom. The molecule has 0 spiro atoms. The van der Waals surface area contributed by atoms with Crippen molar-refractivity contribution in [2.75, 3.05) is 25.0 Å². The number of piperazine rings is 1. The highest BCUT2D eigenvalue weighted by molar-refractivity contribution is 5.92. The van der Waals surface area contributed by atoms with Crippen LogP contribution in [0.25, 0.3) is 11.0 Å². The fourth-order valence-electron chi connectivity index (χ4n) is 4.77. The Labute approximate surface area is 193 Å². The third-order valence-electron chi connectivity index (χ3n) is 7.11. The Kier molecular flexibility index (Phi) is 5.62. The first-order chi connectivity index (χ1) is 15.9. The van der Waals surface area contributed by atoms with Gasteiger partial charge < -0.3 is 15.2 Å². The van der Waals surface area contributed by atoms with Crippen LogP contribution in [0.4, 0.5) is 5.69 Å². The fourth-order valence-corrected chi connectivity index (χ4v) is 4.77. The number of hydrogen-bond donors (Lipinski definition) is 2. The molecule has 3 aromatic heterocycles. The molecule has 0 aromatic carbocycles. The molecule has 172 valence electrons. The largest absolute Gasteiger partial charge is 0.365 e. The zero-order valence-electron chi connectivity index (χ0n) is 19.3. The zero-order chi connectivity index (χ0) is 23.1. The Balaban J connectivity index is 1.29. The summed E-state index contributed by atoms with van der Waals surface area (Å²) in [4.78, 5) is 41.0. The molecule has 8 heteroatoms. The summed E-state index contributed by atoms with van der Waals surface area (Å²) in [5.74, 6) is 0.232. The third-order valence-corrected chi connectivity index (χ3v) is 7.11. The van der Waals surface area contributed by atoms with Crippen molar-refractivity contribution in [2.45, 2.75) is 51.2 Å². The molecule has 0 radical (unpaired) electrons. The number of amides is 1. The van der Waals surface area contributed by atoms with E-state index in [1.54, 1.807) is 19.3 Å². The van der Waals surface area contributed by atoms with E-state index in [0.717, 1.165) is 60.3 Å². The van der Waals surface area contributed by atoms with Crippen molar-refractivity contribution < 1.29 is 4.79 Å². The maximum absolute atomic E-state index is 12.4. The van der Waals surface area contributed by atoms with E-state index in [2.05, 4.69) is 50.0 Å². The Bertz CT molecular complexity index is 1230. The number of fused-ring (bicyclic) bond motifs is 1. The van der Waals surface area contributed by atoms with Gasteiger partial charge in [0.15, 0.2) is 0 Å². The van der Waals surface area contributed by atoms with Crippen LogP contribution in [0.1, 0.15) is 54.2 Å². The van der Waals surface area contributed by atoms with Crippen molar-refractivity contribution in [3.8, 4) is 0 Å². The first-order valence-corrected chi connectivity index (χ1v) is 11.7. The number of H-pyrrole nitrogens is 1. The number of nitrogens with zero attached hydrogens (tertiary/aromatic N) is 4. The standard InChI is InChI=1S/C25H30N6O2/c1-15-16(2)31(19-6-7-21(28-13-19)25(33)26-3)9-8-30(15)14-17-10-23-22(27-12-17)11-20(18-4-5-18)24(32)29-23/h6-7,10-13,15-16,18H,4-5,8-9,14H2,1-3H3,(H,26,33)(H,29,32)/t15-,16?/m0/s1. The van der Waals surface area contributed by atoms with Gasteiger partial charge in [0.1, 0.15) is 5.69 Å². The average molecular weight is 447 g/mol. The van der Waals surface area contributed by atoms with Crippen LogP contribution < -0.4 is 15.8 Å². The topological polar surface area (TPSA) is 94.2 Å². The lowest BCUT2D eigenvalue weighted by molar-refractivity contribution is 0.0958. The number of aromatic nitrogens is 3. The van der Waals surface area contributed by atoms with E-state index in [1.165, 1.54) is 0 Å². The number of aromatic amines is 1. The average Bonchev–Trinajstić information content (AvgIpc) is 3.67. The van der Waals surface area contributed by atoms with Crippen LogP contribution >= 0.6 is 0 Å². The minimum Gasteiger partial charge on any atom is -0.365 e. The smallest absolute Gasteiger partial charge is 0.269 e. The summed E-state index contributed by atoms with van der Waals surface area (Å²) in [5.41, 5.74) is 5.11. The van der Waals surface area contributed by atoms with Gasteiger partial charge in [0, 0.05) is 50.5 Å². The molecule has 1 amide bonds. The van der Waals surface area contributed by atoms with Crippen molar-refractivity contribution in [2.24, 2.45) is 0 Å². The summed E-state index contributed by atoms with van der Waals surface area (Å²) in [6, 6.07) is 8.35. The molecular formula is C25H30N6O2. The van der Waals surface area contributed by atoms with Gasteiger partial charge in [-0.05, 0) is 62.4 Å². The Hall–Kier alpha value is -3.26. The Morgan fingerprint density at radius 1 is 1.12 bits per heavy atom. The second-order valence-electron chi connectivity index (χ2n) is 9.23. The van der Waals surface area contributed by atoms with Crippen LogP contribution in [0.5, 0.6) is 0 Å². The van der Waals surface area contributed by atoms with Crippen molar-refractivity contribution in [3.05, 3.63) is 63.8 Å². The lowest BCUT2D eigenvalue weighted by Gasteiger charge is -2.46. The van der Waals surface area contributed by atoms with E-state index in [-0.39, 0.29) is 17.5 Å². The monoisotopic (exact) mass is 446 g/mol. The van der Waals surface area contributed by atoms with Crippen molar-refractivity contribution >= 4 is 22.6 Å². The van der Waals surface area contributed by atoms with E-state index in [1.807, 2.05) is 18.3 Å². The van der Waals surface area contributed by atoms with Crippen LogP contribution in [0, 0.1) is 0 Å². The third kappa shape index (κ3) is 4.23. The van der Waals surface area contributed by atoms with Crippen molar-refractivity contribution in [1.29, 1.82) is 0 Å². The van der Waals surface area contributed by atoms with E-state index < -0.39 is 0 Å². The zero-order valence-corrected chi connectivity index (χ0v) is 19.3. The summed E-state index contributed by atoms with van der Waals surface area (Å²) < 4.78 is 0. The van der Waals surface area contributed by atoms with Gasteiger partial charge in [-0.25, -0.2) is 4.98 Å². The highest BCUT2D eigenvalue weighted by Gasteiger charge is 2.31. The molecule has 2 fully saturated rings. The maximum Gasteiger partial charge on any atom is 0.269 e. The van der Waals surface area contributed by atoms with E-state index in [9.17, 15) is 9.59 Å². The molecule has 33 heavy (non-hydrogen) atoms. The molecule has 5 rings (SSSR count). The van der Waals surface area contributed by atoms with Gasteiger partial charge in [-0.15, -0.1) is 0 Å². The molecule has 2 N–H and O–H groups in total. The number of hydrogen-bond acceptors (Lipinski definition) is 6. The molecule has 1 saturated carbocycles. The van der Waals surface area contributed by atoms with Crippen LogP contribution in [-0.4, -0.2) is 58.0 Å². The van der Waals surface area contributed by atoms with E-state index in [0.29, 0.717) is 17.7 Å². The summed E-state index contributed by atoms with van der Waals surface area (Å²) in [7, 11) is 1.61. The number of carbonyl (C=O) groups excluding carboxylic acids is 1. The molecule has 3 aromatic rings. The van der Waals surface area contributed by atoms with Crippen LogP contribution in [0.2, 0.25) is 0 Å². The molecule has 1 unspecified atom stereocenters. The molecule has 2 atom stereocenters. The molecular weight excluding hydrogens is 416 g/mol. The summed E-state index contributed by atoms with van der Waals surface area (Å²) in [5, 5.41) is 2.60. The van der Waals surface area contributed by atoms with Crippen LogP contribution in [0.3, 0.4) is 0 Å². The molecule has 1 aliphatic heterocycles. The first kappa shape index (κ1) is 21.6. The second-order valence-corrected chi connectivity index (χ2v) is 9.23. The summed E-state index contributed by atoms with van der Waals surface area (Å²) in [6.07, 6.45) is 5.91. The van der Waals surface area contributed by atoms with Crippen molar-refractivity contribution in [1.82, 2.24) is 25.2 Å². The molecule has 1 aliphatic carbocycles. The molecule has 8 nitrogen and oxygen atoms in total. The minimum atomic E-state index is -0.179. The summed E-state index contributed by atoms with van der Waals surface area (Å²) >= 11 is 0. The highest BCUT2D eigenvalue weighted by atomic mass is 16.1. The predicted octanol–water partition coefficient (Wildman–Crippen LogP) is 2.65. The van der Waals surface area contributed by atoms with Crippen LogP contribution in [-0.2, 0) is 6.54 Å². The lowest BCUT2D eigenvalue weighted by Crippen LogP contribution is -2.57. The van der Waals surface area contributed by atoms with Gasteiger partial charge in [0.2, 0.25) is 0 Å². The highest BCUT2D eigenvalue weighted by Crippen LogP contribution is 2.38. The van der Waals surface area contributed by atoms with Gasteiger partial charge in [-0.1, -0.05) is 0 Å². The molecule has 0 bridgehead atoms. The number of anilines is 1. The number of carbonyl (C=O) groups is 1. The van der Waals surface area contributed by atoms with Gasteiger partial charge in [0.05, 0.1) is 22.9 Å². The Morgan fingerprint density at radius 2 is 1.94 bits per heavy atom. The van der Waals surface area contributed by atoms with Gasteiger partial charge in [-0.3, -0.25) is 19.5 Å². The number of pyridine rings is 3. The van der Waals surface area contributed by atoms with Crippen molar-refractivity contribution in [3.63, 3.8) is 0 Å². The SMILES string of the molecule is CNC(=O)c1ccc(N2CCN(Cc3cnc4cc(C5CC5)c(=O)[nH]c4c3)[C@@H](C)C2C)cn1. The fraction of sp³-hybridized carbons (Fsp3) is 0.440. The predicted molar refractivity (Wildman–Crippen MR) is 129 cm³/mol. The number of rotatable bonds is 5. The molecule has 2 aliphatic rings. The van der Waals surface area contributed by atoms with Gasteiger partial charge in [0.25, 0.3) is 11.5 Å². The van der Waals surface area contributed by atoms with Gasteiger partial charge in [-0.2, -0.15) is 0 Å².